The molecule has 0 amide bonds. The quantitative estimate of drug-likeness (QED) is 0.565. The Balaban J connectivity index is 0.000000223. The first-order valence-electron chi connectivity index (χ1n) is 4.03. The van der Waals surface area contributed by atoms with Gasteiger partial charge in [0.05, 0.1) is 40.0 Å². The third-order valence-corrected chi connectivity index (χ3v) is 2.40. The molecule has 8 heteroatoms. The summed E-state index contributed by atoms with van der Waals surface area (Å²) in [6, 6.07) is 0. The molecule has 4 aliphatic heterocycles. The predicted molar refractivity (Wildman–Crippen MR) is 51.9 cm³/mol. The fourth-order valence-electron chi connectivity index (χ4n) is 2.23. The number of halogens is 2. The molecule has 4 saturated heterocycles. The summed E-state index contributed by atoms with van der Waals surface area (Å²) in [5.41, 5.74) is 0. The van der Waals surface area contributed by atoms with Crippen molar-refractivity contribution in [3.05, 3.63) is 0 Å². The van der Waals surface area contributed by atoms with Crippen molar-refractivity contribution in [2.45, 2.75) is 0 Å². The maximum atomic E-state index is 4.70. The molecule has 4 bridgehead atoms. The molecular formula is C6H14Cl2N4NiO. The van der Waals surface area contributed by atoms with Crippen LogP contribution < -0.4 is 0 Å². The first-order chi connectivity index (χ1) is 6.31. The Labute approximate surface area is 98.2 Å². The van der Waals surface area contributed by atoms with Crippen LogP contribution in [-0.2, 0) is 12.7 Å². The van der Waals surface area contributed by atoms with Crippen molar-refractivity contribution >= 4 is 20.4 Å². The Kier molecular flexibility index (Phi) is 5.38. The molecule has 0 spiro atoms. The maximum absolute atomic E-state index is 4.70. The van der Waals surface area contributed by atoms with Gasteiger partial charge >= 0.3 is 33.0 Å². The number of rotatable bonds is 0. The van der Waals surface area contributed by atoms with Crippen LogP contribution in [0.3, 0.4) is 0 Å². The van der Waals surface area contributed by atoms with Gasteiger partial charge in [0.25, 0.3) is 0 Å². The van der Waals surface area contributed by atoms with Gasteiger partial charge in [-0.3, -0.25) is 19.6 Å². The normalized spacial score (nSPS) is 42.7. The first kappa shape index (κ1) is 12.9. The van der Waals surface area contributed by atoms with E-state index >= 15 is 0 Å². The van der Waals surface area contributed by atoms with Crippen molar-refractivity contribution < 1.29 is 18.1 Å². The van der Waals surface area contributed by atoms with E-state index < -0.39 is 0 Å². The number of nitrogens with zero attached hydrogens (tertiary/aromatic N) is 4. The van der Waals surface area contributed by atoms with Gasteiger partial charge in [0.2, 0.25) is 0 Å². The molecule has 0 unspecified atom stereocenters. The van der Waals surface area contributed by atoms with Crippen LogP contribution in [0.15, 0.2) is 0 Å². The third kappa shape index (κ3) is 2.93. The summed E-state index contributed by atoms with van der Waals surface area (Å²) in [6.45, 7) is 7.12. The van der Waals surface area contributed by atoms with Crippen molar-refractivity contribution in [2.24, 2.45) is 0 Å². The molecular weight excluding hydrogens is 274 g/mol. The fourth-order valence-corrected chi connectivity index (χ4v) is 2.23. The Bertz CT molecular complexity index is 131. The molecule has 4 fully saturated rings. The van der Waals surface area contributed by atoms with E-state index in [1.54, 1.807) is 0 Å². The van der Waals surface area contributed by atoms with Crippen LogP contribution in [0.4, 0.5) is 0 Å². The molecule has 5 nitrogen and oxygen atoms in total. The van der Waals surface area contributed by atoms with Gasteiger partial charge in [0.1, 0.15) is 0 Å². The van der Waals surface area contributed by atoms with Gasteiger partial charge in [0, 0.05) is 0 Å². The summed E-state index contributed by atoms with van der Waals surface area (Å²) in [7, 11) is 9.40. The van der Waals surface area contributed by atoms with Crippen molar-refractivity contribution in [2.75, 3.05) is 40.0 Å². The Morgan fingerprint density at radius 3 is 0.929 bits per heavy atom. The molecule has 0 aromatic heterocycles. The van der Waals surface area contributed by atoms with Crippen molar-refractivity contribution in [3.63, 3.8) is 0 Å². The van der Waals surface area contributed by atoms with E-state index in [9.17, 15) is 0 Å². The Morgan fingerprint density at radius 1 is 0.643 bits per heavy atom. The van der Waals surface area contributed by atoms with Gasteiger partial charge in [-0.25, -0.2) is 0 Å². The van der Waals surface area contributed by atoms with E-state index in [0.717, 1.165) is 0 Å². The predicted octanol–water partition coefficient (Wildman–Crippen LogP) is -0.468. The zero-order chi connectivity index (χ0) is 9.26. The van der Waals surface area contributed by atoms with E-state index in [1.807, 2.05) is 0 Å². The van der Waals surface area contributed by atoms with Gasteiger partial charge in [0.15, 0.2) is 0 Å². The molecule has 0 aromatic carbocycles. The minimum atomic E-state index is 0. The Hall–Kier alpha value is 0.874. The molecule has 2 N–H and O–H groups in total. The Morgan fingerprint density at radius 2 is 0.786 bits per heavy atom. The average Bonchev–Trinajstić information content (AvgIpc) is 2.01. The van der Waals surface area contributed by atoms with Gasteiger partial charge in [-0.1, -0.05) is 0 Å². The molecule has 4 aliphatic rings. The van der Waals surface area contributed by atoms with Crippen LogP contribution in [-0.4, -0.2) is 65.1 Å². The number of hydrogen-bond donors (Lipinski definition) is 0. The molecule has 0 atom stereocenters. The zero-order valence-electron chi connectivity index (χ0n) is 7.60. The van der Waals surface area contributed by atoms with E-state index in [2.05, 4.69) is 19.6 Å². The van der Waals surface area contributed by atoms with E-state index in [1.165, 1.54) is 40.0 Å². The summed E-state index contributed by atoms with van der Waals surface area (Å²) < 4.78 is 0. The molecule has 0 aromatic rings. The van der Waals surface area contributed by atoms with Crippen molar-refractivity contribution in [3.8, 4) is 0 Å². The third-order valence-electron chi connectivity index (χ3n) is 2.40. The summed E-state index contributed by atoms with van der Waals surface area (Å²) in [5.74, 6) is 0. The SMILES string of the molecule is C1N2CN3CN1CN(C2)C3.O.[Cl][Ni][Cl]. The van der Waals surface area contributed by atoms with E-state index in [4.69, 9.17) is 20.4 Å². The monoisotopic (exact) mass is 286 g/mol. The zero-order valence-corrected chi connectivity index (χ0v) is 10.1. The molecule has 14 heavy (non-hydrogen) atoms. The fraction of sp³-hybridized carbons (Fsp3) is 1.00. The molecule has 4 rings (SSSR count). The van der Waals surface area contributed by atoms with Crippen LogP contribution in [0.25, 0.3) is 0 Å². The molecule has 0 saturated carbocycles. The van der Waals surface area contributed by atoms with Gasteiger partial charge < -0.3 is 5.48 Å². The van der Waals surface area contributed by atoms with Crippen LogP contribution >= 0.6 is 20.4 Å². The van der Waals surface area contributed by atoms with E-state index in [-0.39, 0.29) is 5.48 Å². The summed E-state index contributed by atoms with van der Waals surface area (Å²) in [5, 5.41) is 0. The molecule has 88 valence electrons. The van der Waals surface area contributed by atoms with Gasteiger partial charge in [-0.2, -0.15) is 0 Å². The second kappa shape index (κ2) is 5.82. The van der Waals surface area contributed by atoms with E-state index in [0.29, 0.717) is 12.7 Å². The van der Waals surface area contributed by atoms with Gasteiger partial charge in [-0.05, 0) is 0 Å². The topological polar surface area (TPSA) is 44.5 Å². The summed E-state index contributed by atoms with van der Waals surface area (Å²) in [4.78, 5) is 9.88. The second-order valence-corrected chi connectivity index (χ2v) is 5.21. The van der Waals surface area contributed by atoms with Crippen LogP contribution in [0.2, 0.25) is 0 Å². The number of hydrogen-bond acceptors (Lipinski definition) is 4. The first-order valence-corrected chi connectivity index (χ1v) is 6.75. The van der Waals surface area contributed by atoms with Gasteiger partial charge in [-0.15, -0.1) is 0 Å². The second-order valence-electron chi connectivity index (χ2n) is 3.58. The molecule has 0 aliphatic carbocycles. The van der Waals surface area contributed by atoms with Crippen LogP contribution in [0.5, 0.6) is 0 Å². The average molecular weight is 288 g/mol. The molecule has 4 heterocycles. The van der Waals surface area contributed by atoms with Crippen LogP contribution in [0, 0.1) is 0 Å². The van der Waals surface area contributed by atoms with Crippen molar-refractivity contribution in [1.82, 2.24) is 19.6 Å². The molecule has 0 radical (unpaired) electrons. The minimum absolute atomic E-state index is 0. The standard InChI is InChI=1S/C6H12N4.2ClH.Ni.H2O/c1-7-2-9-4-8(1)5-10(3-7)6-9;;;;/h1-6H2;2*1H;;1H2/q;;;+2;/p-2. The summed E-state index contributed by atoms with van der Waals surface area (Å²) in [6.07, 6.45) is 0. The summed E-state index contributed by atoms with van der Waals surface area (Å²) >= 11 is 0.569. The van der Waals surface area contributed by atoms with Crippen LogP contribution in [0.1, 0.15) is 0 Å². The van der Waals surface area contributed by atoms with Crippen molar-refractivity contribution in [1.29, 1.82) is 0 Å².